The van der Waals surface area contributed by atoms with Gasteiger partial charge < -0.3 is 15.2 Å². The van der Waals surface area contributed by atoms with Crippen LogP contribution in [-0.4, -0.2) is 30.8 Å². The number of rotatable bonds is 6. The van der Waals surface area contributed by atoms with Crippen molar-refractivity contribution in [3.63, 3.8) is 0 Å². The highest BCUT2D eigenvalue weighted by Gasteiger charge is 2.11. The van der Waals surface area contributed by atoms with Crippen molar-refractivity contribution in [2.24, 2.45) is 0 Å². The molecule has 1 unspecified atom stereocenters. The van der Waals surface area contributed by atoms with E-state index in [-0.39, 0.29) is 12.5 Å². The molecule has 0 spiro atoms. The van der Waals surface area contributed by atoms with Crippen molar-refractivity contribution in [1.29, 1.82) is 0 Å². The second kappa shape index (κ2) is 7.01. The van der Waals surface area contributed by atoms with Crippen molar-refractivity contribution in [2.45, 2.75) is 32.8 Å². The third-order valence-corrected chi connectivity index (χ3v) is 2.80. The molecule has 1 rings (SSSR count). The monoisotopic (exact) mass is 251 g/mol. The zero-order valence-electron chi connectivity index (χ0n) is 11.2. The summed E-state index contributed by atoms with van der Waals surface area (Å²) in [5.41, 5.74) is 1.47. The van der Waals surface area contributed by atoms with Gasteiger partial charge in [0.15, 0.2) is 0 Å². The van der Waals surface area contributed by atoms with Crippen LogP contribution in [0.15, 0.2) is 18.2 Å². The van der Waals surface area contributed by atoms with Crippen molar-refractivity contribution in [3.8, 4) is 5.75 Å². The van der Waals surface area contributed by atoms with E-state index in [1.165, 1.54) is 0 Å². The SMILES string of the molecule is CCCC(O)CNC(=O)c1ccc(OC)cc1C. The lowest BCUT2D eigenvalue weighted by atomic mass is 10.1. The first-order chi connectivity index (χ1) is 8.58. The molecule has 0 radical (unpaired) electrons. The Morgan fingerprint density at radius 1 is 1.50 bits per heavy atom. The molecule has 100 valence electrons. The smallest absolute Gasteiger partial charge is 0.251 e. The first kappa shape index (κ1) is 14.5. The Hall–Kier alpha value is -1.55. The largest absolute Gasteiger partial charge is 0.497 e. The number of methoxy groups -OCH3 is 1. The molecule has 18 heavy (non-hydrogen) atoms. The quantitative estimate of drug-likeness (QED) is 0.811. The van der Waals surface area contributed by atoms with Crippen LogP contribution in [-0.2, 0) is 0 Å². The van der Waals surface area contributed by atoms with Gasteiger partial charge in [0.2, 0.25) is 0 Å². The first-order valence-electron chi connectivity index (χ1n) is 6.19. The Kier molecular flexibility index (Phi) is 5.65. The van der Waals surface area contributed by atoms with E-state index in [9.17, 15) is 9.90 Å². The Labute approximate surface area is 108 Å². The number of benzene rings is 1. The van der Waals surface area contributed by atoms with Crippen molar-refractivity contribution in [1.82, 2.24) is 5.32 Å². The lowest BCUT2D eigenvalue weighted by Crippen LogP contribution is -2.32. The molecule has 0 aliphatic carbocycles. The van der Waals surface area contributed by atoms with Gasteiger partial charge in [0.25, 0.3) is 5.91 Å². The van der Waals surface area contributed by atoms with Gasteiger partial charge >= 0.3 is 0 Å². The number of carbonyl (C=O) groups is 1. The minimum atomic E-state index is -0.475. The van der Waals surface area contributed by atoms with Gasteiger partial charge in [0.05, 0.1) is 13.2 Å². The molecule has 0 saturated carbocycles. The normalized spacial score (nSPS) is 12.0. The molecule has 0 aliphatic rings. The number of carbonyl (C=O) groups excluding carboxylic acids is 1. The van der Waals surface area contributed by atoms with E-state index >= 15 is 0 Å². The fraction of sp³-hybridized carbons (Fsp3) is 0.500. The number of aliphatic hydroxyl groups excluding tert-OH is 1. The molecule has 2 N–H and O–H groups in total. The van der Waals surface area contributed by atoms with Crippen LogP contribution in [0.4, 0.5) is 0 Å². The molecular formula is C14H21NO3. The van der Waals surface area contributed by atoms with Crippen LogP contribution in [0, 0.1) is 6.92 Å². The molecule has 0 bridgehead atoms. The van der Waals surface area contributed by atoms with Gasteiger partial charge in [-0.1, -0.05) is 13.3 Å². The number of hydrogen-bond donors (Lipinski definition) is 2. The van der Waals surface area contributed by atoms with Gasteiger partial charge in [0, 0.05) is 12.1 Å². The molecule has 0 fully saturated rings. The van der Waals surface area contributed by atoms with E-state index in [1.54, 1.807) is 19.2 Å². The first-order valence-corrected chi connectivity index (χ1v) is 6.19. The second-order valence-corrected chi connectivity index (χ2v) is 4.33. The third-order valence-electron chi connectivity index (χ3n) is 2.80. The fourth-order valence-corrected chi connectivity index (χ4v) is 1.76. The third kappa shape index (κ3) is 4.04. The maximum Gasteiger partial charge on any atom is 0.251 e. The van der Waals surface area contributed by atoms with Crippen LogP contribution in [0.3, 0.4) is 0 Å². The molecule has 1 amide bonds. The Balaban J connectivity index is 2.61. The minimum Gasteiger partial charge on any atom is -0.497 e. The summed E-state index contributed by atoms with van der Waals surface area (Å²) in [5, 5.41) is 12.3. The Morgan fingerprint density at radius 2 is 2.22 bits per heavy atom. The molecule has 0 saturated heterocycles. The van der Waals surface area contributed by atoms with Gasteiger partial charge in [0.1, 0.15) is 5.75 Å². The van der Waals surface area contributed by atoms with Gasteiger partial charge in [-0.15, -0.1) is 0 Å². The summed E-state index contributed by atoms with van der Waals surface area (Å²) in [6, 6.07) is 5.30. The molecule has 0 heterocycles. The summed E-state index contributed by atoms with van der Waals surface area (Å²) in [6.07, 6.45) is 1.12. The summed E-state index contributed by atoms with van der Waals surface area (Å²) in [5.74, 6) is 0.570. The van der Waals surface area contributed by atoms with Crippen LogP contribution in [0.5, 0.6) is 5.75 Å². The zero-order valence-corrected chi connectivity index (χ0v) is 11.2. The fourth-order valence-electron chi connectivity index (χ4n) is 1.76. The highest BCUT2D eigenvalue weighted by Crippen LogP contribution is 2.16. The number of ether oxygens (including phenoxy) is 1. The molecule has 4 nitrogen and oxygen atoms in total. The van der Waals surface area contributed by atoms with Crippen molar-refractivity contribution in [3.05, 3.63) is 29.3 Å². The lowest BCUT2D eigenvalue weighted by Gasteiger charge is -2.12. The number of hydrogen-bond acceptors (Lipinski definition) is 3. The number of aryl methyl sites for hydroxylation is 1. The molecule has 1 aromatic rings. The zero-order chi connectivity index (χ0) is 13.5. The van der Waals surface area contributed by atoms with Gasteiger partial charge in [-0.2, -0.15) is 0 Å². The highest BCUT2D eigenvalue weighted by molar-refractivity contribution is 5.95. The maximum atomic E-state index is 11.9. The van der Waals surface area contributed by atoms with E-state index in [2.05, 4.69) is 5.32 Å². The van der Waals surface area contributed by atoms with Gasteiger partial charge in [-0.25, -0.2) is 0 Å². The van der Waals surface area contributed by atoms with E-state index in [0.29, 0.717) is 12.0 Å². The summed E-state index contributed by atoms with van der Waals surface area (Å²) >= 11 is 0. The number of amides is 1. The summed E-state index contributed by atoms with van der Waals surface area (Å²) in [7, 11) is 1.59. The van der Waals surface area contributed by atoms with Crippen LogP contribution in [0.25, 0.3) is 0 Å². The minimum absolute atomic E-state index is 0.162. The molecule has 1 aromatic carbocycles. The van der Waals surface area contributed by atoms with Crippen LogP contribution in [0.1, 0.15) is 35.7 Å². The van der Waals surface area contributed by atoms with E-state index < -0.39 is 6.10 Å². The lowest BCUT2D eigenvalue weighted by molar-refractivity contribution is 0.0909. The van der Waals surface area contributed by atoms with Crippen LogP contribution >= 0.6 is 0 Å². The Morgan fingerprint density at radius 3 is 2.78 bits per heavy atom. The molecule has 1 atom stereocenters. The van der Waals surface area contributed by atoms with Crippen molar-refractivity contribution in [2.75, 3.05) is 13.7 Å². The van der Waals surface area contributed by atoms with E-state index in [4.69, 9.17) is 4.74 Å². The van der Waals surface area contributed by atoms with Crippen LogP contribution < -0.4 is 10.1 Å². The number of aliphatic hydroxyl groups is 1. The maximum absolute atomic E-state index is 11.9. The molecular weight excluding hydrogens is 230 g/mol. The summed E-state index contributed by atoms with van der Waals surface area (Å²) < 4.78 is 5.09. The predicted molar refractivity (Wildman–Crippen MR) is 71.0 cm³/mol. The van der Waals surface area contributed by atoms with E-state index in [1.807, 2.05) is 19.9 Å². The average Bonchev–Trinajstić information content (AvgIpc) is 2.36. The number of nitrogens with one attached hydrogen (secondary N) is 1. The highest BCUT2D eigenvalue weighted by atomic mass is 16.5. The van der Waals surface area contributed by atoms with Crippen LogP contribution in [0.2, 0.25) is 0 Å². The molecule has 0 aliphatic heterocycles. The van der Waals surface area contributed by atoms with Gasteiger partial charge in [-0.05, 0) is 37.1 Å². The standard InChI is InChI=1S/C14H21NO3/c1-4-5-11(16)9-15-14(17)13-7-6-12(18-3)8-10(13)2/h6-8,11,16H,4-5,9H2,1-3H3,(H,15,17). The van der Waals surface area contributed by atoms with Crippen molar-refractivity contribution >= 4 is 5.91 Å². The van der Waals surface area contributed by atoms with Crippen molar-refractivity contribution < 1.29 is 14.6 Å². The second-order valence-electron chi connectivity index (χ2n) is 4.33. The molecule has 0 aromatic heterocycles. The average molecular weight is 251 g/mol. The topological polar surface area (TPSA) is 58.6 Å². The summed E-state index contributed by atoms with van der Waals surface area (Å²) in [4.78, 5) is 11.9. The predicted octanol–water partition coefficient (Wildman–Crippen LogP) is 1.89. The Bertz CT molecular complexity index is 404. The van der Waals surface area contributed by atoms with E-state index in [0.717, 1.165) is 17.7 Å². The summed E-state index contributed by atoms with van der Waals surface area (Å²) in [6.45, 7) is 4.15. The van der Waals surface area contributed by atoms with Gasteiger partial charge in [-0.3, -0.25) is 4.79 Å². The molecule has 4 heteroatoms.